The van der Waals surface area contributed by atoms with Crippen LogP contribution in [0.5, 0.6) is 0 Å². The minimum Gasteiger partial charge on any atom is -0.374 e. The van der Waals surface area contributed by atoms with Crippen molar-refractivity contribution in [1.82, 2.24) is 15.1 Å². The third-order valence-corrected chi connectivity index (χ3v) is 4.23. The van der Waals surface area contributed by atoms with Gasteiger partial charge < -0.3 is 19.9 Å². The summed E-state index contributed by atoms with van der Waals surface area (Å²) in [6.07, 6.45) is 0.0906. The molecule has 0 aliphatic carbocycles. The average Bonchev–Trinajstić information content (AvgIpc) is 2.51. The number of nitrogens with zero attached hydrogens (tertiary/aromatic N) is 2. The Hall–Kier alpha value is -1.21. The number of nitrogens with one attached hydrogen (secondary N) is 1. The number of halogens is 2. The lowest BCUT2D eigenvalue weighted by molar-refractivity contribution is -0.129. The molecule has 1 amide bonds. The Kier molecular flexibility index (Phi) is 6.77. The molecule has 1 fully saturated rings. The summed E-state index contributed by atoms with van der Waals surface area (Å²) in [7, 11) is 3.68. The molecule has 0 saturated carbocycles. The first-order chi connectivity index (χ1) is 11.0. The van der Waals surface area contributed by atoms with Crippen molar-refractivity contribution in [1.29, 1.82) is 0 Å². The van der Waals surface area contributed by atoms with Gasteiger partial charge >= 0.3 is 0 Å². The largest absolute Gasteiger partial charge is 0.374 e. The fraction of sp³-hybridized carbons (Fsp3) is 0.562. The highest BCUT2D eigenvalue weighted by molar-refractivity contribution is 6.31. The minimum atomic E-state index is -0.399. The van der Waals surface area contributed by atoms with Gasteiger partial charge in [-0.25, -0.2) is 4.39 Å². The molecule has 1 aromatic rings. The molecule has 0 unspecified atom stereocenters. The van der Waals surface area contributed by atoms with Crippen molar-refractivity contribution < 1.29 is 13.9 Å². The topological polar surface area (TPSA) is 44.8 Å². The summed E-state index contributed by atoms with van der Waals surface area (Å²) in [4.78, 5) is 15.8. The van der Waals surface area contributed by atoms with E-state index in [1.54, 1.807) is 19.2 Å². The second-order valence-electron chi connectivity index (χ2n) is 5.84. The predicted molar refractivity (Wildman–Crippen MR) is 88.0 cm³/mol. The van der Waals surface area contributed by atoms with Crippen LogP contribution in [0.2, 0.25) is 5.02 Å². The molecule has 1 aliphatic rings. The number of morpholine rings is 1. The molecule has 1 N–H and O–H groups in total. The van der Waals surface area contributed by atoms with Crippen molar-refractivity contribution in [3.63, 3.8) is 0 Å². The molecule has 0 aromatic heterocycles. The molecule has 1 saturated heterocycles. The molecule has 1 aliphatic heterocycles. The highest BCUT2D eigenvalue weighted by Crippen LogP contribution is 2.20. The summed E-state index contributed by atoms with van der Waals surface area (Å²) >= 11 is 5.98. The van der Waals surface area contributed by atoms with Crippen LogP contribution in [0.4, 0.5) is 4.39 Å². The number of hydrogen-bond acceptors (Lipinski definition) is 4. The normalized spacial score (nSPS) is 18.9. The van der Waals surface area contributed by atoms with Crippen molar-refractivity contribution in [2.45, 2.75) is 12.6 Å². The summed E-state index contributed by atoms with van der Waals surface area (Å²) in [5.74, 6) is -0.516. The maximum Gasteiger partial charge on any atom is 0.236 e. The van der Waals surface area contributed by atoms with Gasteiger partial charge in [-0.15, -0.1) is 0 Å². The number of carbonyl (C=O) groups is 1. The third-order valence-electron chi connectivity index (χ3n) is 3.87. The molecule has 5 nitrogen and oxygen atoms in total. The van der Waals surface area contributed by atoms with Gasteiger partial charge in [0.2, 0.25) is 5.91 Å². The smallest absolute Gasteiger partial charge is 0.236 e. The molecule has 128 valence electrons. The highest BCUT2D eigenvalue weighted by Gasteiger charge is 2.18. The number of rotatable bonds is 6. The Balaban J connectivity index is 1.76. The van der Waals surface area contributed by atoms with Gasteiger partial charge in [-0.1, -0.05) is 17.7 Å². The van der Waals surface area contributed by atoms with E-state index in [0.717, 1.165) is 13.1 Å². The van der Waals surface area contributed by atoms with Crippen LogP contribution in [0.1, 0.15) is 5.56 Å². The van der Waals surface area contributed by atoms with Crippen LogP contribution in [0.3, 0.4) is 0 Å². The molecule has 2 rings (SSSR count). The molecule has 0 bridgehead atoms. The molecule has 0 spiro atoms. The summed E-state index contributed by atoms with van der Waals surface area (Å²) in [6.45, 7) is 3.44. The lowest BCUT2D eigenvalue weighted by Crippen LogP contribution is -2.46. The third kappa shape index (κ3) is 5.42. The summed E-state index contributed by atoms with van der Waals surface area (Å²) in [5, 5.41) is 3.43. The van der Waals surface area contributed by atoms with Crippen molar-refractivity contribution in [3.05, 3.63) is 34.6 Å². The second-order valence-corrected chi connectivity index (χ2v) is 6.24. The van der Waals surface area contributed by atoms with Gasteiger partial charge in [0.05, 0.1) is 19.3 Å². The number of likely N-dealkylation sites (N-methyl/N-ethyl adjacent to an activating group) is 2. The van der Waals surface area contributed by atoms with Crippen LogP contribution in [0.15, 0.2) is 18.2 Å². The predicted octanol–water partition coefficient (Wildman–Crippen LogP) is 1.36. The van der Waals surface area contributed by atoms with Crippen LogP contribution in [0, 0.1) is 5.82 Å². The van der Waals surface area contributed by atoms with Gasteiger partial charge in [0, 0.05) is 43.8 Å². The van der Waals surface area contributed by atoms with Gasteiger partial charge in [-0.3, -0.25) is 4.79 Å². The van der Waals surface area contributed by atoms with E-state index >= 15 is 0 Å². The van der Waals surface area contributed by atoms with Crippen LogP contribution in [-0.4, -0.2) is 68.7 Å². The van der Waals surface area contributed by atoms with Gasteiger partial charge in [-0.05, 0) is 19.2 Å². The first-order valence-electron chi connectivity index (χ1n) is 7.65. The van der Waals surface area contributed by atoms with Gasteiger partial charge in [0.15, 0.2) is 0 Å². The SMILES string of the molecule is CN1CCO[C@H](CNCC(=O)N(C)Cc2c(F)cccc2Cl)C1. The summed E-state index contributed by atoms with van der Waals surface area (Å²) in [5.41, 5.74) is 0.335. The number of benzene rings is 1. The van der Waals surface area contributed by atoms with E-state index in [1.165, 1.54) is 11.0 Å². The standard InChI is InChI=1S/C16H23ClFN3O2/c1-20-6-7-23-12(10-20)8-19-9-16(22)21(2)11-13-14(17)4-3-5-15(13)18/h3-5,12,19H,6-11H2,1-2H3/t12-/m1/s1. The maximum atomic E-state index is 13.7. The van der Waals surface area contributed by atoms with E-state index in [2.05, 4.69) is 10.2 Å². The summed E-state index contributed by atoms with van der Waals surface area (Å²) in [6, 6.07) is 4.51. The van der Waals surface area contributed by atoms with E-state index in [9.17, 15) is 9.18 Å². The minimum absolute atomic E-state index is 0.0906. The zero-order valence-electron chi connectivity index (χ0n) is 13.5. The van der Waals surface area contributed by atoms with Gasteiger partial charge in [0.25, 0.3) is 0 Å². The monoisotopic (exact) mass is 343 g/mol. The molecular weight excluding hydrogens is 321 g/mol. The number of carbonyl (C=O) groups excluding carboxylic acids is 1. The number of amides is 1. The first-order valence-corrected chi connectivity index (χ1v) is 8.03. The van der Waals surface area contributed by atoms with Crippen molar-refractivity contribution in [2.75, 3.05) is 46.9 Å². The Bertz CT molecular complexity index is 524. The molecule has 23 heavy (non-hydrogen) atoms. The quantitative estimate of drug-likeness (QED) is 0.847. The van der Waals surface area contributed by atoms with E-state index in [1.807, 2.05) is 7.05 Å². The molecule has 1 heterocycles. The van der Waals surface area contributed by atoms with E-state index in [4.69, 9.17) is 16.3 Å². The fourth-order valence-electron chi connectivity index (χ4n) is 2.47. The molecule has 0 radical (unpaired) electrons. The zero-order valence-corrected chi connectivity index (χ0v) is 14.3. The highest BCUT2D eigenvalue weighted by atomic mass is 35.5. The van der Waals surface area contributed by atoms with E-state index in [0.29, 0.717) is 23.7 Å². The Morgan fingerprint density at radius 2 is 2.35 bits per heavy atom. The van der Waals surface area contributed by atoms with Crippen LogP contribution in [0.25, 0.3) is 0 Å². The Labute approximate surface area is 141 Å². The zero-order chi connectivity index (χ0) is 16.8. The fourth-order valence-corrected chi connectivity index (χ4v) is 2.70. The van der Waals surface area contributed by atoms with Crippen LogP contribution in [-0.2, 0) is 16.1 Å². The Morgan fingerprint density at radius 1 is 1.57 bits per heavy atom. The van der Waals surface area contributed by atoms with Crippen molar-refractivity contribution >= 4 is 17.5 Å². The number of hydrogen-bond donors (Lipinski definition) is 1. The maximum absolute atomic E-state index is 13.7. The lowest BCUT2D eigenvalue weighted by atomic mass is 10.2. The van der Waals surface area contributed by atoms with Gasteiger partial charge in [-0.2, -0.15) is 0 Å². The number of ether oxygens (including phenoxy) is 1. The van der Waals surface area contributed by atoms with Crippen molar-refractivity contribution in [2.24, 2.45) is 0 Å². The first kappa shape index (κ1) is 18.1. The molecule has 7 heteroatoms. The molecule has 1 aromatic carbocycles. The van der Waals surface area contributed by atoms with Crippen LogP contribution >= 0.6 is 11.6 Å². The average molecular weight is 344 g/mol. The molecular formula is C16H23ClFN3O2. The van der Waals surface area contributed by atoms with E-state index < -0.39 is 5.82 Å². The van der Waals surface area contributed by atoms with Crippen LogP contribution < -0.4 is 5.32 Å². The second kappa shape index (κ2) is 8.59. The van der Waals surface area contributed by atoms with Crippen molar-refractivity contribution in [3.8, 4) is 0 Å². The van der Waals surface area contributed by atoms with E-state index in [-0.39, 0.29) is 25.1 Å². The summed E-state index contributed by atoms with van der Waals surface area (Å²) < 4.78 is 19.4. The lowest BCUT2D eigenvalue weighted by Gasteiger charge is -2.30. The Morgan fingerprint density at radius 3 is 3.04 bits per heavy atom. The molecule has 1 atom stereocenters. The van der Waals surface area contributed by atoms with Gasteiger partial charge in [0.1, 0.15) is 5.82 Å².